The van der Waals surface area contributed by atoms with Crippen LogP contribution in [0.15, 0.2) is 0 Å². The Hall–Kier alpha value is -0.0800. The van der Waals surface area contributed by atoms with Gasteiger partial charge in [-0.3, -0.25) is 0 Å². The second-order valence-corrected chi connectivity index (χ2v) is 9.24. The summed E-state index contributed by atoms with van der Waals surface area (Å²) < 4.78 is 0. The zero-order valence-electron chi connectivity index (χ0n) is 14.0. The normalized spacial score (nSPS) is 39.5. The van der Waals surface area contributed by atoms with Crippen molar-refractivity contribution >= 4 is 0 Å². The summed E-state index contributed by atoms with van der Waals surface area (Å²) in [4.78, 5) is 0. The van der Waals surface area contributed by atoms with Gasteiger partial charge in [-0.05, 0) is 60.7 Å². The molecule has 2 nitrogen and oxygen atoms in total. The molecule has 0 spiro atoms. The molecular formula is C18H34O2. The predicted molar refractivity (Wildman–Crippen MR) is 83.4 cm³/mol. The van der Waals surface area contributed by atoms with Crippen LogP contribution in [0.1, 0.15) is 73.1 Å². The lowest BCUT2D eigenvalue weighted by Gasteiger charge is -2.35. The van der Waals surface area contributed by atoms with Gasteiger partial charge in [0.2, 0.25) is 0 Å². The monoisotopic (exact) mass is 282 g/mol. The molecule has 0 aromatic rings. The van der Waals surface area contributed by atoms with E-state index in [1.165, 1.54) is 25.7 Å². The average molecular weight is 282 g/mol. The average Bonchev–Trinajstić information content (AvgIpc) is 2.86. The van der Waals surface area contributed by atoms with Gasteiger partial charge >= 0.3 is 0 Å². The minimum atomic E-state index is -0.495. The van der Waals surface area contributed by atoms with E-state index in [2.05, 4.69) is 34.6 Å². The van der Waals surface area contributed by atoms with Crippen LogP contribution < -0.4 is 0 Å². The lowest BCUT2D eigenvalue weighted by atomic mass is 9.71. The van der Waals surface area contributed by atoms with Crippen LogP contribution >= 0.6 is 0 Å². The summed E-state index contributed by atoms with van der Waals surface area (Å²) in [6, 6.07) is 0. The second-order valence-electron chi connectivity index (χ2n) is 9.24. The van der Waals surface area contributed by atoms with E-state index in [-0.39, 0.29) is 5.41 Å². The van der Waals surface area contributed by atoms with Crippen LogP contribution in [-0.4, -0.2) is 22.4 Å². The van der Waals surface area contributed by atoms with E-state index in [1.807, 2.05) is 0 Å². The van der Waals surface area contributed by atoms with Crippen LogP contribution in [0.5, 0.6) is 0 Å². The minimum Gasteiger partial charge on any atom is -0.390 e. The Bertz CT molecular complexity index is 319. The van der Waals surface area contributed by atoms with Crippen molar-refractivity contribution in [2.24, 2.45) is 28.6 Å². The fourth-order valence-electron chi connectivity index (χ4n) is 4.59. The summed E-state index contributed by atoms with van der Waals surface area (Å²) in [5.74, 6) is 2.17. The van der Waals surface area contributed by atoms with Gasteiger partial charge in [0.15, 0.2) is 0 Å². The third kappa shape index (κ3) is 3.57. The van der Waals surface area contributed by atoms with E-state index in [1.54, 1.807) is 0 Å². The maximum atomic E-state index is 9.79. The summed E-state index contributed by atoms with van der Waals surface area (Å²) in [6.45, 7) is 11.8. The molecule has 0 saturated heterocycles. The molecule has 4 atom stereocenters. The van der Waals surface area contributed by atoms with Gasteiger partial charge in [0, 0.05) is 0 Å². The molecule has 2 saturated carbocycles. The van der Waals surface area contributed by atoms with Crippen LogP contribution in [0.3, 0.4) is 0 Å². The van der Waals surface area contributed by atoms with Crippen LogP contribution in [0.25, 0.3) is 0 Å². The van der Waals surface area contributed by atoms with Crippen molar-refractivity contribution in [3.05, 3.63) is 0 Å². The molecule has 2 heteroatoms. The van der Waals surface area contributed by atoms with Gasteiger partial charge in [-0.15, -0.1) is 0 Å². The molecule has 2 N–H and O–H groups in total. The highest BCUT2D eigenvalue weighted by molar-refractivity contribution is 4.93. The molecule has 0 heterocycles. The van der Waals surface area contributed by atoms with Crippen molar-refractivity contribution in [1.82, 2.24) is 0 Å². The van der Waals surface area contributed by atoms with E-state index >= 15 is 0 Å². The lowest BCUT2D eigenvalue weighted by molar-refractivity contribution is 0.0438. The molecule has 2 fully saturated rings. The third-order valence-electron chi connectivity index (χ3n) is 6.18. The zero-order valence-corrected chi connectivity index (χ0v) is 14.0. The van der Waals surface area contributed by atoms with Gasteiger partial charge in [-0.2, -0.15) is 0 Å². The van der Waals surface area contributed by atoms with Gasteiger partial charge in [0.05, 0.1) is 12.2 Å². The van der Waals surface area contributed by atoms with E-state index < -0.39 is 12.2 Å². The third-order valence-corrected chi connectivity index (χ3v) is 6.18. The van der Waals surface area contributed by atoms with Crippen LogP contribution in [0.4, 0.5) is 0 Å². The van der Waals surface area contributed by atoms with Crippen LogP contribution in [0.2, 0.25) is 0 Å². The van der Waals surface area contributed by atoms with E-state index in [0.717, 1.165) is 24.7 Å². The Morgan fingerprint density at radius 1 is 0.800 bits per heavy atom. The number of hydrogen-bond donors (Lipinski definition) is 2. The molecule has 4 unspecified atom stereocenters. The molecule has 118 valence electrons. The highest BCUT2D eigenvalue weighted by Gasteiger charge is 2.42. The number of hydrogen-bond acceptors (Lipinski definition) is 2. The highest BCUT2D eigenvalue weighted by Crippen LogP contribution is 2.49. The minimum absolute atomic E-state index is 0.246. The topological polar surface area (TPSA) is 40.5 Å². The SMILES string of the molecule is CC(C)(C)C1CCC(CC(C)(C)C2CC(O)C(O)C2)C1. The van der Waals surface area contributed by atoms with Crippen molar-refractivity contribution in [1.29, 1.82) is 0 Å². The molecule has 20 heavy (non-hydrogen) atoms. The Morgan fingerprint density at radius 3 is 1.80 bits per heavy atom. The maximum Gasteiger partial charge on any atom is 0.0802 e. The predicted octanol–water partition coefficient (Wildman–Crippen LogP) is 4.00. The van der Waals surface area contributed by atoms with Crippen molar-refractivity contribution in [2.45, 2.75) is 85.4 Å². The van der Waals surface area contributed by atoms with Crippen molar-refractivity contribution in [3.63, 3.8) is 0 Å². The molecule has 0 amide bonds. The molecular weight excluding hydrogens is 248 g/mol. The van der Waals surface area contributed by atoms with E-state index in [0.29, 0.717) is 11.3 Å². The quantitative estimate of drug-likeness (QED) is 0.821. The van der Waals surface area contributed by atoms with Gasteiger partial charge in [0.25, 0.3) is 0 Å². The summed E-state index contributed by atoms with van der Waals surface area (Å²) in [5, 5.41) is 19.6. The lowest BCUT2D eigenvalue weighted by Crippen LogP contribution is -2.26. The maximum absolute atomic E-state index is 9.79. The number of aliphatic hydroxyl groups excluding tert-OH is 2. The van der Waals surface area contributed by atoms with Crippen LogP contribution in [-0.2, 0) is 0 Å². The fraction of sp³-hybridized carbons (Fsp3) is 1.00. The van der Waals surface area contributed by atoms with Gasteiger partial charge in [0.1, 0.15) is 0 Å². The first-order valence-corrected chi connectivity index (χ1v) is 8.45. The molecule has 0 aromatic heterocycles. The smallest absolute Gasteiger partial charge is 0.0802 e. The molecule has 0 radical (unpaired) electrons. The number of rotatable bonds is 3. The van der Waals surface area contributed by atoms with Crippen molar-refractivity contribution in [2.75, 3.05) is 0 Å². The molecule has 0 aliphatic heterocycles. The molecule has 2 aliphatic carbocycles. The van der Waals surface area contributed by atoms with Crippen LogP contribution in [0, 0.1) is 28.6 Å². The standard InChI is InChI=1S/C18H34O2/c1-17(2,3)13-7-6-12(8-13)11-18(4,5)14-9-15(19)16(20)10-14/h12-16,19-20H,6-11H2,1-5H3. The summed E-state index contributed by atoms with van der Waals surface area (Å²) in [5.41, 5.74) is 0.689. The molecule has 0 aromatic carbocycles. The molecule has 2 aliphatic rings. The first kappa shape index (κ1) is 16.3. The molecule has 2 rings (SSSR count). The Labute approximate surface area is 125 Å². The first-order valence-electron chi connectivity index (χ1n) is 8.45. The van der Waals surface area contributed by atoms with Crippen molar-refractivity contribution in [3.8, 4) is 0 Å². The van der Waals surface area contributed by atoms with Gasteiger partial charge in [-0.25, -0.2) is 0 Å². The second kappa shape index (κ2) is 5.61. The number of aliphatic hydroxyl groups is 2. The largest absolute Gasteiger partial charge is 0.390 e. The Kier molecular flexibility index (Phi) is 4.57. The van der Waals surface area contributed by atoms with E-state index in [9.17, 15) is 10.2 Å². The zero-order chi connectivity index (χ0) is 15.1. The van der Waals surface area contributed by atoms with Gasteiger partial charge < -0.3 is 10.2 Å². The van der Waals surface area contributed by atoms with Gasteiger partial charge in [-0.1, -0.05) is 41.0 Å². The fourth-order valence-corrected chi connectivity index (χ4v) is 4.59. The summed E-state index contributed by atoms with van der Waals surface area (Å²) >= 11 is 0. The summed E-state index contributed by atoms with van der Waals surface area (Å²) in [7, 11) is 0. The Morgan fingerprint density at radius 2 is 1.35 bits per heavy atom. The molecule has 0 bridgehead atoms. The summed E-state index contributed by atoms with van der Waals surface area (Å²) in [6.07, 6.45) is 5.93. The van der Waals surface area contributed by atoms with Crippen molar-refractivity contribution < 1.29 is 10.2 Å². The van der Waals surface area contributed by atoms with E-state index in [4.69, 9.17) is 0 Å². The Balaban J connectivity index is 1.90. The highest BCUT2D eigenvalue weighted by atomic mass is 16.3. The first-order chi connectivity index (χ1) is 9.09.